The zero-order valence-electron chi connectivity index (χ0n) is 13.4. The van der Waals surface area contributed by atoms with Crippen LogP contribution in [0.25, 0.3) is 0 Å². The molecule has 122 valence electrons. The molecule has 0 aromatic heterocycles. The van der Waals surface area contributed by atoms with Crippen LogP contribution in [0.4, 0.5) is 4.79 Å². The molecule has 0 bridgehead atoms. The molecule has 0 radical (unpaired) electrons. The van der Waals surface area contributed by atoms with Crippen LogP contribution in [0.3, 0.4) is 0 Å². The van der Waals surface area contributed by atoms with E-state index in [0.717, 1.165) is 19.5 Å². The Bertz CT molecular complexity index is 347. The molecule has 2 amide bonds. The average Bonchev–Trinajstić information content (AvgIpc) is 2.40. The second-order valence-corrected chi connectivity index (χ2v) is 6.53. The minimum Gasteiger partial charge on any atom is -0.481 e. The molecule has 1 rings (SSSR count). The Labute approximate surface area is 127 Å². The van der Waals surface area contributed by atoms with Gasteiger partial charge in [0.1, 0.15) is 0 Å². The van der Waals surface area contributed by atoms with E-state index >= 15 is 0 Å². The lowest BCUT2D eigenvalue weighted by atomic mass is 9.97. The third kappa shape index (κ3) is 7.32. The number of carboxylic acid groups (broad SMARTS) is 1. The van der Waals surface area contributed by atoms with Crippen LogP contribution in [0.15, 0.2) is 0 Å². The summed E-state index contributed by atoms with van der Waals surface area (Å²) >= 11 is 0. The summed E-state index contributed by atoms with van der Waals surface area (Å²) in [5, 5.41) is 14.6. The topological polar surface area (TPSA) is 81.7 Å². The van der Waals surface area contributed by atoms with Crippen molar-refractivity contribution in [2.45, 2.75) is 33.1 Å². The van der Waals surface area contributed by atoms with Gasteiger partial charge in [-0.05, 0) is 44.7 Å². The van der Waals surface area contributed by atoms with E-state index in [4.69, 9.17) is 5.11 Å². The number of hydrogen-bond acceptors (Lipinski definition) is 3. The number of carbonyl (C=O) groups excluding carboxylic acids is 1. The first-order valence-corrected chi connectivity index (χ1v) is 7.81. The first-order valence-electron chi connectivity index (χ1n) is 7.81. The van der Waals surface area contributed by atoms with E-state index in [1.165, 1.54) is 6.42 Å². The Morgan fingerprint density at radius 1 is 1.33 bits per heavy atom. The van der Waals surface area contributed by atoms with Crippen molar-refractivity contribution < 1.29 is 14.7 Å². The molecule has 0 aromatic rings. The molecule has 1 heterocycles. The van der Waals surface area contributed by atoms with Gasteiger partial charge in [0.2, 0.25) is 0 Å². The van der Waals surface area contributed by atoms with Crippen molar-refractivity contribution in [3.63, 3.8) is 0 Å². The molecule has 6 nitrogen and oxygen atoms in total. The fourth-order valence-electron chi connectivity index (χ4n) is 2.80. The van der Waals surface area contributed by atoms with E-state index < -0.39 is 11.9 Å². The van der Waals surface area contributed by atoms with Crippen molar-refractivity contribution in [1.82, 2.24) is 15.5 Å². The largest absolute Gasteiger partial charge is 0.481 e. The van der Waals surface area contributed by atoms with Crippen LogP contribution in [0, 0.1) is 17.8 Å². The number of aliphatic carboxylic acids is 1. The lowest BCUT2D eigenvalue weighted by molar-refractivity contribution is -0.142. The van der Waals surface area contributed by atoms with Gasteiger partial charge in [-0.2, -0.15) is 0 Å². The molecule has 2 unspecified atom stereocenters. The quantitative estimate of drug-likeness (QED) is 0.663. The molecule has 1 fully saturated rings. The molecule has 1 saturated heterocycles. The lowest BCUT2D eigenvalue weighted by Crippen LogP contribution is -2.44. The lowest BCUT2D eigenvalue weighted by Gasteiger charge is -2.29. The highest BCUT2D eigenvalue weighted by Crippen LogP contribution is 2.14. The Kier molecular flexibility index (Phi) is 7.50. The summed E-state index contributed by atoms with van der Waals surface area (Å²) in [6.07, 6.45) is 2.87. The number of carbonyl (C=O) groups is 2. The average molecular weight is 299 g/mol. The molecular formula is C15H29N3O3. The predicted molar refractivity (Wildman–Crippen MR) is 82.2 cm³/mol. The number of rotatable bonds is 7. The van der Waals surface area contributed by atoms with Crippen molar-refractivity contribution in [2.75, 3.05) is 33.2 Å². The Morgan fingerprint density at radius 3 is 2.62 bits per heavy atom. The van der Waals surface area contributed by atoms with Crippen LogP contribution >= 0.6 is 0 Å². The first-order chi connectivity index (χ1) is 9.88. The number of amides is 2. The number of nitrogens with one attached hydrogen (secondary N) is 2. The molecule has 0 aromatic carbocycles. The summed E-state index contributed by atoms with van der Waals surface area (Å²) in [6, 6.07) is -0.266. The van der Waals surface area contributed by atoms with Gasteiger partial charge in [0.05, 0.1) is 5.92 Å². The van der Waals surface area contributed by atoms with Crippen molar-refractivity contribution in [1.29, 1.82) is 0 Å². The molecule has 0 aliphatic carbocycles. The monoisotopic (exact) mass is 299 g/mol. The molecule has 1 aliphatic rings. The van der Waals surface area contributed by atoms with E-state index in [2.05, 4.69) is 22.6 Å². The normalized spacial score (nSPS) is 21.0. The number of piperidine rings is 1. The number of hydrogen-bond donors (Lipinski definition) is 3. The highest BCUT2D eigenvalue weighted by atomic mass is 16.4. The summed E-state index contributed by atoms with van der Waals surface area (Å²) in [7, 11) is 2.09. The molecular weight excluding hydrogens is 270 g/mol. The van der Waals surface area contributed by atoms with Crippen LogP contribution in [-0.2, 0) is 4.79 Å². The van der Waals surface area contributed by atoms with Crippen LogP contribution in [-0.4, -0.2) is 55.2 Å². The van der Waals surface area contributed by atoms with Gasteiger partial charge in [-0.15, -0.1) is 0 Å². The minimum atomic E-state index is -0.849. The SMILES string of the molecule is CC(C)CC(CNC(=O)NCC1CCCN(C)C1)C(=O)O. The number of nitrogens with zero attached hydrogens (tertiary/aromatic N) is 1. The number of likely N-dealkylation sites (tertiary alicyclic amines) is 1. The summed E-state index contributed by atoms with van der Waals surface area (Å²) in [5.41, 5.74) is 0. The molecule has 6 heteroatoms. The third-order valence-electron chi connectivity index (χ3n) is 3.89. The Balaban J connectivity index is 2.24. The highest BCUT2D eigenvalue weighted by Gasteiger charge is 2.20. The van der Waals surface area contributed by atoms with Crippen molar-refractivity contribution in [3.05, 3.63) is 0 Å². The van der Waals surface area contributed by atoms with Gasteiger partial charge in [0, 0.05) is 19.6 Å². The number of carboxylic acids is 1. The molecule has 21 heavy (non-hydrogen) atoms. The Morgan fingerprint density at radius 2 is 2.05 bits per heavy atom. The minimum absolute atomic E-state index is 0.184. The second kappa shape index (κ2) is 8.87. The summed E-state index contributed by atoms with van der Waals surface area (Å²) in [5.74, 6) is -0.580. The standard InChI is InChI=1S/C15H29N3O3/c1-11(2)7-13(14(19)20)9-17-15(21)16-8-12-5-4-6-18(3)10-12/h11-13H,4-10H2,1-3H3,(H,19,20)(H2,16,17,21). The van der Waals surface area contributed by atoms with Crippen molar-refractivity contribution in [3.8, 4) is 0 Å². The van der Waals surface area contributed by atoms with E-state index in [0.29, 0.717) is 24.8 Å². The molecule has 3 N–H and O–H groups in total. The van der Waals surface area contributed by atoms with Gasteiger partial charge >= 0.3 is 12.0 Å². The molecule has 1 aliphatic heterocycles. The van der Waals surface area contributed by atoms with Gasteiger partial charge in [-0.25, -0.2) is 4.79 Å². The van der Waals surface area contributed by atoms with E-state index in [1.54, 1.807) is 0 Å². The Hall–Kier alpha value is -1.30. The van der Waals surface area contributed by atoms with Crippen LogP contribution < -0.4 is 10.6 Å². The second-order valence-electron chi connectivity index (χ2n) is 6.53. The van der Waals surface area contributed by atoms with Gasteiger partial charge in [-0.1, -0.05) is 13.8 Å². The highest BCUT2D eigenvalue weighted by molar-refractivity contribution is 5.75. The maximum atomic E-state index is 11.8. The summed E-state index contributed by atoms with van der Waals surface area (Å²) in [4.78, 5) is 25.1. The van der Waals surface area contributed by atoms with Crippen LogP contribution in [0.5, 0.6) is 0 Å². The smallest absolute Gasteiger partial charge is 0.314 e. The first kappa shape index (κ1) is 17.8. The predicted octanol–water partition coefficient (Wildman–Crippen LogP) is 1.37. The third-order valence-corrected chi connectivity index (χ3v) is 3.89. The zero-order valence-corrected chi connectivity index (χ0v) is 13.4. The fourth-order valence-corrected chi connectivity index (χ4v) is 2.80. The zero-order chi connectivity index (χ0) is 15.8. The maximum absolute atomic E-state index is 11.8. The molecule has 0 saturated carbocycles. The number of urea groups is 1. The van der Waals surface area contributed by atoms with Gasteiger partial charge in [0.25, 0.3) is 0 Å². The maximum Gasteiger partial charge on any atom is 0.314 e. The fraction of sp³-hybridized carbons (Fsp3) is 0.867. The van der Waals surface area contributed by atoms with Crippen molar-refractivity contribution >= 4 is 12.0 Å². The summed E-state index contributed by atoms with van der Waals surface area (Å²) < 4.78 is 0. The van der Waals surface area contributed by atoms with Gasteiger partial charge < -0.3 is 20.6 Å². The van der Waals surface area contributed by atoms with Gasteiger partial charge in [0.15, 0.2) is 0 Å². The van der Waals surface area contributed by atoms with Crippen molar-refractivity contribution in [2.24, 2.45) is 17.8 Å². The van der Waals surface area contributed by atoms with Crippen LogP contribution in [0.2, 0.25) is 0 Å². The molecule has 0 spiro atoms. The van der Waals surface area contributed by atoms with E-state index in [9.17, 15) is 9.59 Å². The molecule has 2 atom stereocenters. The van der Waals surface area contributed by atoms with Crippen LogP contribution in [0.1, 0.15) is 33.1 Å². The summed E-state index contributed by atoms with van der Waals surface area (Å²) in [6.45, 7) is 6.93. The van der Waals surface area contributed by atoms with E-state index in [-0.39, 0.29) is 12.6 Å². The van der Waals surface area contributed by atoms with E-state index in [1.807, 2.05) is 13.8 Å². The van der Waals surface area contributed by atoms with Gasteiger partial charge in [-0.3, -0.25) is 4.79 Å².